The number of rotatable bonds is 4. The SMILES string of the molecule is O=C(/C=C/c1ccccc1NC(=O)[C@@H]1C[C@H]2CC[C@@H]1C2)NO. The molecule has 2 fully saturated rings. The van der Waals surface area contributed by atoms with Gasteiger partial charge in [0.1, 0.15) is 0 Å². The molecule has 0 saturated heterocycles. The summed E-state index contributed by atoms with van der Waals surface area (Å²) in [6.07, 6.45) is 7.42. The number of hydrogen-bond acceptors (Lipinski definition) is 3. The van der Waals surface area contributed by atoms with Crippen molar-refractivity contribution < 1.29 is 14.8 Å². The lowest BCUT2D eigenvalue weighted by Gasteiger charge is -2.21. The molecule has 0 heterocycles. The molecule has 22 heavy (non-hydrogen) atoms. The van der Waals surface area contributed by atoms with Gasteiger partial charge in [-0.3, -0.25) is 14.8 Å². The van der Waals surface area contributed by atoms with Crippen LogP contribution >= 0.6 is 0 Å². The molecule has 2 saturated carbocycles. The monoisotopic (exact) mass is 300 g/mol. The summed E-state index contributed by atoms with van der Waals surface area (Å²) in [5.74, 6) is 0.863. The van der Waals surface area contributed by atoms with Crippen molar-refractivity contribution in [2.75, 3.05) is 5.32 Å². The first kappa shape index (κ1) is 14.8. The lowest BCUT2D eigenvalue weighted by Crippen LogP contribution is -2.27. The quantitative estimate of drug-likeness (QED) is 0.454. The topological polar surface area (TPSA) is 78.4 Å². The minimum Gasteiger partial charge on any atom is -0.325 e. The summed E-state index contributed by atoms with van der Waals surface area (Å²) in [7, 11) is 0. The van der Waals surface area contributed by atoms with Crippen LogP contribution in [0.4, 0.5) is 5.69 Å². The first-order chi connectivity index (χ1) is 10.7. The lowest BCUT2D eigenvalue weighted by atomic mass is 9.88. The van der Waals surface area contributed by atoms with Crippen molar-refractivity contribution in [2.45, 2.75) is 25.7 Å². The summed E-state index contributed by atoms with van der Waals surface area (Å²) in [6, 6.07) is 7.32. The molecule has 5 heteroatoms. The molecule has 2 amide bonds. The highest BCUT2D eigenvalue weighted by Crippen LogP contribution is 2.48. The predicted octanol–water partition coefficient (Wildman–Crippen LogP) is 2.58. The largest absolute Gasteiger partial charge is 0.325 e. The molecule has 0 unspecified atom stereocenters. The Balaban J connectivity index is 1.71. The Morgan fingerprint density at radius 3 is 2.68 bits per heavy atom. The van der Waals surface area contributed by atoms with E-state index in [4.69, 9.17) is 5.21 Å². The molecule has 0 spiro atoms. The molecular weight excluding hydrogens is 280 g/mol. The van der Waals surface area contributed by atoms with E-state index in [1.165, 1.54) is 25.3 Å². The van der Waals surface area contributed by atoms with Crippen LogP contribution in [-0.4, -0.2) is 17.0 Å². The average molecular weight is 300 g/mol. The van der Waals surface area contributed by atoms with Crippen molar-refractivity contribution in [2.24, 2.45) is 17.8 Å². The van der Waals surface area contributed by atoms with Gasteiger partial charge in [0.05, 0.1) is 0 Å². The highest BCUT2D eigenvalue weighted by molar-refractivity contribution is 5.97. The highest BCUT2D eigenvalue weighted by Gasteiger charge is 2.43. The van der Waals surface area contributed by atoms with E-state index in [1.54, 1.807) is 11.6 Å². The van der Waals surface area contributed by atoms with Gasteiger partial charge in [-0.1, -0.05) is 24.6 Å². The standard InChI is InChI=1S/C17H20N2O3/c20-16(19-22)8-7-12-3-1-2-4-15(12)18-17(21)14-10-11-5-6-13(14)9-11/h1-4,7-8,11,13-14,22H,5-6,9-10H2,(H,18,21)(H,19,20)/b8-7+/t11-,13+,14+/m0/s1. The normalized spacial score (nSPS) is 26.3. The van der Waals surface area contributed by atoms with Crippen LogP contribution in [0.25, 0.3) is 6.08 Å². The van der Waals surface area contributed by atoms with E-state index in [2.05, 4.69) is 5.32 Å². The number of fused-ring (bicyclic) bond motifs is 2. The molecule has 0 aromatic heterocycles. The number of nitrogens with one attached hydrogen (secondary N) is 2. The van der Waals surface area contributed by atoms with Gasteiger partial charge in [-0.05, 0) is 48.8 Å². The number of carbonyl (C=O) groups excluding carboxylic acids is 2. The van der Waals surface area contributed by atoms with E-state index in [-0.39, 0.29) is 11.8 Å². The molecule has 2 bridgehead atoms. The second kappa shape index (κ2) is 6.32. The highest BCUT2D eigenvalue weighted by atomic mass is 16.5. The second-order valence-corrected chi connectivity index (χ2v) is 6.17. The van der Waals surface area contributed by atoms with Gasteiger partial charge >= 0.3 is 0 Å². The van der Waals surface area contributed by atoms with Crippen LogP contribution in [-0.2, 0) is 9.59 Å². The Kier molecular flexibility index (Phi) is 4.24. The Morgan fingerprint density at radius 1 is 1.18 bits per heavy atom. The van der Waals surface area contributed by atoms with E-state index < -0.39 is 5.91 Å². The van der Waals surface area contributed by atoms with Crippen molar-refractivity contribution in [3.05, 3.63) is 35.9 Å². The maximum atomic E-state index is 12.5. The van der Waals surface area contributed by atoms with E-state index in [9.17, 15) is 9.59 Å². The Morgan fingerprint density at radius 2 is 2.00 bits per heavy atom. The van der Waals surface area contributed by atoms with Crippen LogP contribution in [0.15, 0.2) is 30.3 Å². The molecule has 5 nitrogen and oxygen atoms in total. The van der Waals surface area contributed by atoms with Crippen LogP contribution in [0.1, 0.15) is 31.2 Å². The van der Waals surface area contributed by atoms with E-state index in [0.29, 0.717) is 11.6 Å². The van der Waals surface area contributed by atoms with Gasteiger partial charge in [0.15, 0.2) is 0 Å². The number of anilines is 1. The molecule has 1 aromatic rings. The number of benzene rings is 1. The van der Waals surface area contributed by atoms with Crippen LogP contribution in [0.3, 0.4) is 0 Å². The molecule has 1 aromatic carbocycles. The first-order valence-corrected chi connectivity index (χ1v) is 7.69. The third-order valence-electron chi connectivity index (χ3n) is 4.82. The fourth-order valence-electron chi connectivity index (χ4n) is 3.75. The maximum absolute atomic E-state index is 12.5. The van der Waals surface area contributed by atoms with Gasteiger partial charge < -0.3 is 5.32 Å². The Bertz CT molecular complexity index is 612. The second-order valence-electron chi connectivity index (χ2n) is 6.17. The third-order valence-corrected chi connectivity index (χ3v) is 4.82. The lowest BCUT2D eigenvalue weighted by molar-refractivity contribution is -0.124. The van der Waals surface area contributed by atoms with Crippen LogP contribution < -0.4 is 10.8 Å². The van der Waals surface area contributed by atoms with Crippen molar-refractivity contribution >= 4 is 23.6 Å². The summed E-state index contributed by atoms with van der Waals surface area (Å²) in [5, 5.41) is 11.5. The van der Waals surface area contributed by atoms with E-state index >= 15 is 0 Å². The zero-order valence-corrected chi connectivity index (χ0v) is 12.3. The number of amides is 2. The van der Waals surface area contributed by atoms with Gasteiger partial charge in [0, 0.05) is 17.7 Å². The molecule has 116 valence electrons. The summed E-state index contributed by atoms with van der Waals surface area (Å²) >= 11 is 0. The Hall–Kier alpha value is -2.14. The predicted molar refractivity (Wildman–Crippen MR) is 83.0 cm³/mol. The number of hydroxylamine groups is 1. The fourth-order valence-corrected chi connectivity index (χ4v) is 3.75. The molecule has 0 radical (unpaired) electrons. The zero-order valence-electron chi connectivity index (χ0n) is 12.3. The van der Waals surface area contributed by atoms with E-state index in [1.807, 2.05) is 24.3 Å². The summed E-state index contributed by atoms with van der Waals surface area (Å²) in [4.78, 5) is 23.6. The minimum absolute atomic E-state index is 0.0830. The molecule has 3 N–H and O–H groups in total. The summed E-state index contributed by atoms with van der Waals surface area (Å²) in [5.41, 5.74) is 2.98. The van der Waals surface area contributed by atoms with Crippen LogP contribution in [0, 0.1) is 17.8 Å². The maximum Gasteiger partial charge on any atom is 0.267 e. The fraction of sp³-hybridized carbons (Fsp3) is 0.412. The summed E-state index contributed by atoms with van der Waals surface area (Å²) < 4.78 is 0. The van der Waals surface area contributed by atoms with Gasteiger partial charge in [-0.2, -0.15) is 0 Å². The van der Waals surface area contributed by atoms with Crippen molar-refractivity contribution in [3.63, 3.8) is 0 Å². The molecule has 3 rings (SSSR count). The van der Waals surface area contributed by atoms with Gasteiger partial charge in [-0.15, -0.1) is 0 Å². The van der Waals surface area contributed by atoms with Crippen LogP contribution in [0.2, 0.25) is 0 Å². The molecule has 3 atom stereocenters. The van der Waals surface area contributed by atoms with E-state index in [0.717, 1.165) is 17.9 Å². The number of hydrogen-bond donors (Lipinski definition) is 3. The Labute approximate surface area is 129 Å². The first-order valence-electron chi connectivity index (χ1n) is 7.69. The van der Waals surface area contributed by atoms with Gasteiger partial charge in [0.25, 0.3) is 5.91 Å². The van der Waals surface area contributed by atoms with Crippen LogP contribution in [0.5, 0.6) is 0 Å². The number of para-hydroxylation sites is 1. The summed E-state index contributed by atoms with van der Waals surface area (Å²) in [6.45, 7) is 0. The molecular formula is C17H20N2O3. The molecule has 2 aliphatic rings. The van der Waals surface area contributed by atoms with Gasteiger partial charge in [-0.25, -0.2) is 5.48 Å². The van der Waals surface area contributed by atoms with Crippen molar-refractivity contribution in [1.29, 1.82) is 0 Å². The third kappa shape index (κ3) is 3.04. The smallest absolute Gasteiger partial charge is 0.267 e. The van der Waals surface area contributed by atoms with Crippen molar-refractivity contribution in [3.8, 4) is 0 Å². The molecule has 2 aliphatic carbocycles. The average Bonchev–Trinajstić information content (AvgIpc) is 3.16. The zero-order chi connectivity index (χ0) is 15.5. The minimum atomic E-state index is -0.603. The van der Waals surface area contributed by atoms with Gasteiger partial charge in [0.2, 0.25) is 5.91 Å². The van der Waals surface area contributed by atoms with Crippen molar-refractivity contribution in [1.82, 2.24) is 5.48 Å². The molecule has 0 aliphatic heterocycles. The number of carbonyl (C=O) groups is 2.